The third-order valence-corrected chi connectivity index (χ3v) is 2.40. The van der Waals surface area contributed by atoms with Crippen molar-refractivity contribution < 1.29 is 0 Å². The lowest BCUT2D eigenvalue weighted by Crippen LogP contribution is -2.02. The van der Waals surface area contributed by atoms with Crippen LogP contribution in [0, 0.1) is 0 Å². The predicted octanol–water partition coefficient (Wildman–Crippen LogP) is 2.20. The van der Waals surface area contributed by atoms with Crippen molar-refractivity contribution >= 4 is 28.8 Å². The SMILES string of the molecule is Clc1ccc(NCc2cscn2)nn1. The van der Waals surface area contributed by atoms with Gasteiger partial charge in [-0.2, -0.15) is 0 Å². The van der Waals surface area contributed by atoms with Gasteiger partial charge in [-0.05, 0) is 12.1 Å². The van der Waals surface area contributed by atoms with Gasteiger partial charge in [0, 0.05) is 5.38 Å². The fourth-order valence-corrected chi connectivity index (χ4v) is 1.58. The van der Waals surface area contributed by atoms with Gasteiger partial charge < -0.3 is 5.32 Å². The Labute approximate surface area is 90.0 Å². The highest BCUT2D eigenvalue weighted by molar-refractivity contribution is 7.07. The topological polar surface area (TPSA) is 50.7 Å². The van der Waals surface area contributed by atoms with Crippen LogP contribution in [0.25, 0.3) is 0 Å². The van der Waals surface area contributed by atoms with Crippen molar-refractivity contribution in [1.82, 2.24) is 15.2 Å². The first kappa shape index (κ1) is 9.36. The summed E-state index contributed by atoms with van der Waals surface area (Å²) < 4.78 is 0. The van der Waals surface area contributed by atoms with Crippen molar-refractivity contribution in [2.45, 2.75) is 6.54 Å². The van der Waals surface area contributed by atoms with Crippen LogP contribution in [0.15, 0.2) is 23.0 Å². The average Bonchev–Trinajstić information content (AvgIpc) is 2.70. The molecule has 72 valence electrons. The second-order valence-corrected chi connectivity index (χ2v) is 3.68. The first-order chi connectivity index (χ1) is 6.84. The molecule has 14 heavy (non-hydrogen) atoms. The molecule has 0 fully saturated rings. The number of hydrogen-bond donors (Lipinski definition) is 1. The largest absolute Gasteiger partial charge is 0.363 e. The fourth-order valence-electron chi connectivity index (χ4n) is 0.916. The molecule has 2 rings (SSSR count). The number of anilines is 1. The van der Waals surface area contributed by atoms with Crippen molar-refractivity contribution in [2.24, 2.45) is 0 Å². The first-order valence-electron chi connectivity index (χ1n) is 3.95. The number of hydrogen-bond acceptors (Lipinski definition) is 5. The van der Waals surface area contributed by atoms with Crippen molar-refractivity contribution in [3.63, 3.8) is 0 Å². The van der Waals surface area contributed by atoms with Crippen LogP contribution in [0.2, 0.25) is 5.15 Å². The minimum absolute atomic E-state index is 0.393. The predicted molar refractivity (Wildman–Crippen MR) is 56.5 cm³/mol. The summed E-state index contributed by atoms with van der Waals surface area (Å²) in [6.07, 6.45) is 0. The van der Waals surface area contributed by atoms with Gasteiger partial charge in [0.25, 0.3) is 0 Å². The summed E-state index contributed by atoms with van der Waals surface area (Å²) >= 11 is 7.17. The Kier molecular flexibility index (Phi) is 2.90. The van der Waals surface area contributed by atoms with E-state index in [-0.39, 0.29) is 0 Å². The molecule has 2 aromatic heterocycles. The Balaban J connectivity index is 1.95. The van der Waals surface area contributed by atoms with E-state index in [9.17, 15) is 0 Å². The molecule has 0 saturated heterocycles. The van der Waals surface area contributed by atoms with Gasteiger partial charge in [-0.15, -0.1) is 21.5 Å². The Morgan fingerprint density at radius 2 is 2.29 bits per heavy atom. The summed E-state index contributed by atoms with van der Waals surface area (Å²) in [6.45, 7) is 0.653. The summed E-state index contributed by atoms with van der Waals surface area (Å²) in [5.41, 5.74) is 2.79. The molecule has 6 heteroatoms. The second kappa shape index (κ2) is 4.34. The molecular weight excluding hydrogens is 220 g/mol. The molecular formula is C8H7ClN4S. The quantitative estimate of drug-likeness (QED) is 0.872. The Morgan fingerprint density at radius 3 is 2.93 bits per heavy atom. The molecule has 0 aromatic carbocycles. The van der Waals surface area contributed by atoms with Gasteiger partial charge in [0.05, 0.1) is 17.7 Å². The van der Waals surface area contributed by atoms with Crippen LogP contribution in [0.3, 0.4) is 0 Å². The molecule has 2 aromatic rings. The number of halogens is 1. The van der Waals surface area contributed by atoms with E-state index in [1.165, 1.54) is 0 Å². The number of aromatic nitrogens is 3. The third-order valence-electron chi connectivity index (χ3n) is 1.57. The van der Waals surface area contributed by atoms with E-state index < -0.39 is 0 Å². The van der Waals surface area contributed by atoms with Crippen LogP contribution in [0.1, 0.15) is 5.69 Å². The van der Waals surface area contributed by atoms with Crippen molar-refractivity contribution in [3.05, 3.63) is 33.9 Å². The summed E-state index contributed by atoms with van der Waals surface area (Å²) in [4.78, 5) is 4.13. The molecule has 0 aliphatic carbocycles. The number of rotatable bonds is 3. The summed E-state index contributed by atoms with van der Waals surface area (Å²) in [6, 6.07) is 3.47. The standard InChI is InChI=1S/C8H7ClN4S/c9-7-1-2-8(13-12-7)10-3-6-4-14-5-11-6/h1-2,4-5H,3H2,(H,10,13). The van der Waals surface area contributed by atoms with Crippen LogP contribution in [0.4, 0.5) is 5.82 Å². The maximum atomic E-state index is 5.60. The molecule has 0 saturated carbocycles. The van der Waals surface area contributed by atoms with E-state index in [0.29, 0.717) is 17.5 Å². The second-order valence-electron chi connectivity index (χ2n) is 2.57. The normalized spacial score (nSPS) is 10.1. The average molecular weight is 227 g/mol. The summed E-state index contributed by atoms with van der Waals surface area (Å²) in [5.74, 6) is 0.697. The van der Waals surface area contributed by atoms with Crippen LogP contribution in [-0.2, 0) is 6.54 Å². The van der Waals surface area contributed by atoms with E-state index in [4.69, 9.17) is 11.6 Å². The maximum absolute atomic E-state index is 5.60. The zero-order valence-corrected chi connectivity index (χ0v) is 8.72. The van der Waals surface area contributed by atoms with Gasteiger partial charge in [0.1, 0.15) is 5.82 Å². The zero-order chi connectivity index (χ0) is 9.80. The molecule has 0 radical (unpaired) electrons. The minimum atomic E-state index is 0.393. The number of nitrogens with one attached hydrogen (secondary N) is 1. The smallest absolute Gasteiger partial charge is 0.151 e. The van der Waals surface area contributed by atoms with Gasteiger partial charge >= 0.3 is 0 Å². The number of nitrogens with zero attached hydrogens (tertiary/aromatic N) is 3. The molecule has 0 bridgehead atoms. The molecule has 0 aliphatic rings. The lowest BCUT2D eigenvalue weighted by molar-refractivity contribution is 0.986. The molecule has 0 amide bonds. The molecule has 0 aliphatic heterocycles. The van der Waals surface area contributed by atoms with Crippen LogP contribution < -0.4 is 5.32 Å². The maximum Gasteiger partial charge on any atom is 0.151 e. The Morgan fingerprint density at radius 1 is 1.36 bits per heavy atom. The van der Waals surface area contributed by atoms with Gasteiger partial charge in [-0.25, -0.2) is 4.98 Å². The van der Waals surface area contributed by atoms with Crippen molar-refractivity contribution in [2.75, 3.05) is 5.32 Å². The van der Waals surface area contributed by atoms with Gasteiger partial charge in [0.15, 0.2) is 5.15 Å². The molecule has 1 N–H and O–H groups in total. The minimum Gasteiger partial charge on any atom is -0.363 e. The molecule has 2 heterocycles. The monoisotopic (exact) mass is 226 g/mol. The lowest BCUT2D eigenvalue weighted by Gasteiger charge is -2.01. The highest BCUT2D eigenvalue weighted by Gasteiger charge is 1.97. The highest BCUT2D eigenvalue weighted by atomic mass is 35.5. The summed E-state index contributed by atoms with van der Waals surface area (Å²) in [7, 11) is 0. The Hall–Kier alpha value is -1.20. The molecule has 4 nitrogen and oxygen atoms in total. The van der Waals surface area contributed by atoms with Crippen LogP contribution in [-0.4, -0.2) is 15.2 Å². The van der Waals surface area contributed by atoms with Crippen LogP contribution in [0.5, 0.6) is 0 Å². The highest BCUT2D eigenvalue weighted by Crippen LogP contribution is 2.08. The van der Waals surface area contributed by atoms with E-state index in [2.05, 4.69) is 20.5 Å². The van der Waals surface area contributed by atoms with E-state index >= 15 is 0 Å². The molecule has 0 unspecified atom stereocenters. The van der Waals surface area contributed by atoms with E-state index in [1.54, 1.807) is 29.0 Å². The lowest BCUT2D eigenvalue weighted by atomic mass is 10.4. The Bertz CT molecular complexity index is 386. The third kappa shape index (κ3) is 2.40. The van der Waals surface area contributed by atoms with Gasteiger partial charge in [0.2, 0.25) is 0 Å². The first-order valence-corrected chi connectivity index (χ1v) is 5.27. The molecule has 0 atom stereocenters. The zero-order valence-electron chi connectivity index (χ0n) is 7.14. The molecule has 0 spiro atoms. The van der Waals surface area contributed by atoms with E-state index in [1.807, 2.05) is 5.38 Å². The van der Waals surface area contributed by atoms with Crippen molar-refractivity contribution in [3.8, 4) is 0 Å². The fraction of sp³-hybridized carbons (Fsp3) is 0.125. The van der Waals surface area contributed by atoms with Crippen molar-refractivity contribution in [1.29, 1.82) is 0 Å². The number of thiazole rings is 1. The van der Waals surface area contributed by atoms with Gasteiger partial charge in [-0.1, -0.05) is 11.6 Å². The van der Waals surface area contributed by atoms with E-state index in [0.717, 1.165) is 5.69 Å². The summed E-state index contributed by atoms with van der Waals surface area (Å²) in [5, 5.41) is 13.0. The van der Waals surface area contributed by atoms with Crippen LogP contribution >= 0.6 is 22.9 Å². The van der Waals surface area contributed by atoms with Gasteiger partial charge in [-0.3, -0.25) is 0 Å².